The maximum Gasteiger partial charge on any atom is 0.255 e. The van der Waals surface area contributed by atoms with Crippen molar-refractivity contribution in [3.63, 3.8) is 0 Å². The van der Waals surface area contributed by atoms with E-state index < -0.39 is 6.04 Å². The van der Waals surface area contributed by atoms with E-state index in [4.69, 9.17) is 0 Å². The first kappa shape index (κ1) is 21.2. The number of hydrogen-bond donors (Lipinski definition) is 2. The zero-order valence-electron chi connectivity index (χ0n) is 18.3. The molecule has 2 heterocycles. The molecule has 1 atom stereocenters. The number of rotatable bonds is 6. The second-order valence-electron chi connectivity index (χ2n) is 8.78. The molecule has 0 spiro atoms. The van der Waals surface area contributed by atoms with Gasteiger partial charge in [0.2, 0.25) is 11.8 Å². The number of carbonyl (C=O) groups excluding carboxylic acids is 4. The zero-order valence-corrected chi connectivity index (χ0v) is 18.3. The predicted octanol–water partition coefficient (Wildman–Crippen LogP) is 2.34. The van der Waals surface area contributed by atoms with Crippen LogP contribution in [0, 0.1) is 0 Å². The Hall–Kier alpha value is -3.68. The van der Waals surface area contributed by atoms with Crippen LogP contribution in [0.4, 0.5) is 5.69 Å². The first-order chi connectivity index (χ1) is 16.0. The van der Waals surface area contributed by atoms with E-state index in [-0.39, 0.29) is 36.2 Å². The molecule has 1 saturated heterocycles. The Morgan fingerprint density at radius 1 is 0.939 bits per heavy atom. The number of nitrogens with zero attached hydrogens (tertiary/aromatic N) is 2. The lowest BCUT2D eigenvalue weighted by Gasteiger charge is -2.24. The van der Waals surface area contributed by atoms with Gasteiger partial charge in [0.05, 0.1) is 6.54 Å². The van der Waals surface area contributed by atoms with Crippen LogP contribution in [-0.2, 0) is 9.59 Å². The largest absolute Gasteiger partial charge is 0.345 e. The van der Waals surface area contributed by atoms with Gasteiger partial charge in [-0.15, -0.1) is 0 Å². The summed E-state index contributed by atoms with van der Waals surface area (Å²) in [7, 11) is 0. The van der Waals surface area contributed by atoms with Gasteiger partial charge in [-0.1, -0.05) is 18.2 Å². The van der Waals surface area contributed by atoms with Crippen LogP contribution >= 0.6 is 0 Å². The summed E-state index contributed by atoms with van der Waals surface area (Å²) in [5.74, 6) is -0.857. The highest BCUT2D eigenvalue weighted by Gasteiger charge is 2.47. The molecule has 2 aromatic rings. The lowest BCUT2D eigenvalue weighted by atomic mass is 10.0. The number of fused-ring (bicyclic) bond motifs is 1. The number of benzene rings is 2. The van der Waals surface area contributed by atoms with Gasteiger partial charge in [0.15, 0.2) is 0 Å². The number of amides is 4. The topological polar surface area (TPSA) is 98.8 Å². The molecular formula is C25H26N4O4. The fraction of sp³-hybridized carbons (Fsp3) is 0.360. The SMILES string of the molecule is O=C(CNC(=O)[C@@H]1c2ccccc2C(=O)N1C1CC1)Nc1ccc(C(=O)N2CCCC2)cc1. The maximum atomic E-state index is 13.0. The number of carbonyl (C=O) groups is 4. The first-order valence-corrected chi connectivity index (χ1v) is 11.4. The van der Waals surface area contributed by atoms with Crippen LogP contribution in [0.5, 0.6) is 0 Å². The molecule has 3 aliphatic rings. The maximum absolute atomic E-state index is 13.0. The third kappa shape index (κ3) is 4.20. The van der Waals surface area contributed by atoms with Crippen LogP contribution in [0.2, 0.25) is 0 Å². The summed E-state index contributed by atoms with van der Waals surface area (Å²) in [4.78, 5) is 54.1. The molecule has 4 amide bonds. The van der Waals surface area contributed by atoms with Crippen molar-refractivity contribution in [3.05, 3.63) is 65.2 Å². The molecule has 8 heteroatoms. The molecular weight excluding hydrogens is 420 g/mol. The van der Waals surface area contributed by atoms with Crippen molar-refractivity contribution in [1.29, 1.82) is 0 Å². The van der Waals surface area contributed by atoms with Crippen LogP contribution in [0.1, 0.15) is 58.0 Å². The molecule has 2 N–H and O–H groups in total. The molecule has 0 bridgehead atoms. The summed E-state index contributed by atoms with van der Waals surface area (Å²) in [6.07, 6.45) is 3.84. The lowest BCUT2D eigenvalue weighted by molar-refractivity contribution is -0.127. The van der Waals surface area contributed by atoms with Crippen LogP contribution in [-0.4, -0.2) is 59.1 Å². The van der Waals surface area contributed by atoms with Crippen molar-refractivity contribution < 1.29 is 19.2 Å². The Labute approximate surface area is 191 Å². The highest BCUT2D eigenvalue weighted by atomic mass is 16.2. The summed E-state index contributed by atoms with van der Waals surface area (Å²) in [5.41, 5.74) is 2.38. The zero-order chi connectivity index (χ0) is 22.9. The van der Waals surface area contributed by atoms with Crippen molar-refractivity contribution in [1.82, 2.24) is 15.1 Å². The van der Waals surface area contributed by atoms with Gasteiger partial charge in [-0.2, -0.15) is 0 Å². The molecule has 8 nitrogen and oxygen atoms in total. The van der Waals surface area contributed by atoms with Gasteiger partial charge in [0, 0.05) is 35.9 Å². The Bertz CT molecular complexity index is 1100. The summed E-state index contributed by atoms with van der Waals surface area (Å²) in [6.45, 7) is 1.36. The van der Waals surface area contributed by atoms with Gasteiger partial charge in [-0.05, 0) is 61.6 Å². The fourth-order valence-corrected chi connectivity index (χ4v) is 4.60. The first-order valence-electron chi connectivity index (χ1n) is 11.4. The van der Waals surface area contributed by atoms with Gasteiger partial charge in [0.1, 0.15) is 6.04 Å². The molecule has 5 rings (SSSR count). The smallest absolute Gasteiger partial charge is 0.255 e. The second-order valence-corrected chi connectivity index (χ2v) is 8.78. The third-order valence-corrected chi connectivity index (χ3v) is 6.42. The van der Waals surface area contributed by atoms with Crippen LogP contribution in [0.25, 0.3) is 0 Å². The summed E-state index contributed by atoms with van der Waals surface area (Å²) in [6, 6.07) is 13.3. The van der Waals surface area contributed by atoms with Gasteiger partial charge in [-0.3, -0.25) is 19.2 Å². The molecule has 0 unspecified atom stereocenters. The Morgan fingerprint density at radius 2 is 1.64 bits per heavy atom. The van der Waals surface area contributed by atoms with Crippen LogP contribution in [0.3, 0.4) is 0 Å². The normalized spacial score (nSPS) is 19.4. The Kier molecular flexibility index (Phi) is 5.58. The minimum absolute atomic E-state index is 0.00393. The van der Waals surface area contributed by atoms with E-state index in [0.717, 1.165) is 38.8 Å². The van der Waals surface area contributed by atoms with Crippen LogP contribution in [0.15, 0.2) is 48.5 Å². The minimum atomic E-state index is -0.704. The molecule has 0 aromatic heterocycles. The van der Waals surface area contributed by atoms with Gasteiger partial charge >= 0.3 is 0 Å². The average molecular weight is 447 g/mol. The minimum Gasteiger partial charge on any atom is -0.345 e. The third-order valence-electron chi connectivity index (χ3n) is 6.42. The average Bonchev–Trinajstić information content (AvgIpc) is 3.42. The van der Waals surface area contributed by atoms with E-state index in [1.165, 1.54) is 0 Å². The molecule has 2 aliphatic heterocycles. The predicted molar refractivity (Wildman–Crippen MR) is 122 cm³/mol. The van der Waals surface area contributed by atoms with Gasteiger partial charge < -0.3 is 20.4 Å². The Morgan fingerprint density at radius 3 is 2.33 bits per heavy atom. The van der Waals surface area contributed by atoms with Crippen LogP contribution < -0.4 is 10.6 Å². The highest BCUT2D eigenvalue weighted by Crippen LogP contribution is 2.41. The Balaban J connectivity index is 1.18. The fourth-order valence-electron chi connectivity index (χ4n) is 4.60. The standard InChI is InChI=1S/C25H26N4O4/c30-21(27-17-9-7-16(8-10-17)24(32)28-13-3-4-14-28)15-26-23(31)22-19-5-1-2-6-20(19)25(33)29(22)18-11-12-18/h1-2,5-10,18,22H,3-4,11-15H2,(H,26,31)(H,27,30)/t22-/m0/s1. The molecule has 1 aliphatic carbocycles. The van der Waals surface area contributed by atoms with Crippen molar-refractivity contribution in [3.8, 4) is 0 Å². The van der Waals surface area contributed by atoms with Crippen molar-refractivity contribution in [2.45, 2.75) is 37.8 Å². The molecule has 33 heavy (non-hydrogen) atoms. The second kappa shape index (κ2) is 8.69. The van der Waals surface area contributed by atoms with E-state index in [9.17, 15) is 19.2 Å². The molecule has 2 fully saturated rings. The summed E-state index contributed by atoms with van der Waals surface area (Å²) in [5, 5.41) is 5.42. The lowest BCUT2D eigenvalue weighted by Crippen LogP contribution is -2.42. The van der Waals surface area contributed by atoms with Gasteiger partial charge in [0.25, 0.3) is 11.8 Å². The van der Waals surface area contributed by atoms with E-state index in [2.05, 4.69) is 10.6 Å². The molecule has 2 aromatic carbocycles. The summed E-state index contributed by atoms with van der Waals surface area (Å²) >= 11 is 0. The molecule has 0 radical (unpaired) electrons. The van der Waals surface area contributed by atoms with E-state index >= 15 is 0 Å². The van der Waals surface area contributed by atoms with E-state index in [1.54, 1.807) is 47.4 Å². The van der Waals surface area contributed by atoms with Crippen molar-refractivity contribution in [2.24, 2.45) is 0 Å². The molecule has 170 valence electrons. The number of nitrogens with one attached hydrogen (secondary N) is 2. The quantitative estimate of drug-likeness (QED) is 0.712. The number of likely N-dealkylation sites (tertiary alicyclic amines) is 1. The van der Waals surface area contributed by atoms with E-state index in [1.807, 2.05) is 11.0 Å². The van der Waals surface area contributed by atoms with E-state index in [0.29, 0.717) is 22.4 Å². The van der Waals surface area contributed by atoms with Crippen molar-refractivity contribution >= 4 is 29.3 Å². The number of anilines is 1. The van der Waals surface area contributed by atoms with Gasteiger partial charge in [-0.25, -0.2) is 0 Å². The highest BCUT2D eigenvalue weighted by molar-refractivity contribution is 6.05. The van der Waals surface area contributed by atoms with Crippen molar-refractivity contribution in [2.75, 3.05) is 25.0 Å². The molecule has 1 saturated carbocycles. The number of hydrogen-bond acceptors (Lipinski definition) is 4. The summed E-state index contributed by atoms with van der Waals surface area (Å²) < 4.78 is 0. The monoisotopic (exact) mass is 446 g/mol.